The molecule has 0 saturated heterocycles. The van der Waals surface area contributed by atoms with Gasteiger partial charge in [-0.3, -0.25) is 13.9 Å². The van der Waals surface area contributed by atoms with Crippen LogP contribution in [0.5, 0.6) is 0 Å². The second-order valence-electron chi connectivity index (χ2n) is 7.73. The molecule has 1 fully saturated rings. The van der Waals surface area contributed by atoms with Crippen molar-refractivity contribution in [2.75, 3.05) is 5.32 Å². The van der Waals surface area contributed by atoms with Crippen LogP contribution in [0.3, 0.4) is 0 Å². The number of halogens is 6. The maximum atomic E-state index is 14.0. The van der Waals surface area contributed by atoms with Crippen LogP contribution in [0.15, 0.2) is 14.6 Å². The van der Waals surface area contributed by atoms with Crippen LogP contribution in [0.1, 0.15) is 38.2 Å². The summed E-state index contributed by atoms with van der Waals surface area (Å²) in [6, 6.07) is 0. The van der Waals surface area contributed by atoms with Crippen molar-refractivity contribution in [3.05, 3.63) is 26.4 Å². The fourth-order valence-corrected chi connectivity index (χ4v) is 4.15. The lowest BCUT2D eigenvalue weighted by Crippen LogP contribution is -2.60. The Balaban J connectivity index is 2.41. The topological polar surface area (TPSA) is 68.4 Å². The highest BCUT2D eigenvalue weighted by Crippen LogP contribution is 2.55. The third-order valence-corrected chi connectivity index (χ3v) is 5.70. The molecule has 1 aliphatic heterocycles. The summed E-state index contributed by atoms with van der Waals surface area (Å²) >= 11 is 0. The van der Waals surface area contributed by atoms with E-state index in [4.69, 9.17) is 0 Å². The predicted molar refractivity (Wildman–Crippen MR) is 92.9 cm³/mol. The zero-order valence-electron chi connectivity index (χ0n) is 15.9. The van der Waals surface area contributed by atoms with Gasteiger partial charge in [0.25, 0.3) is 11.1 Å². The highest BCUT2D eigenvalue weighted by Gasteiger charge is 2.75. The van der Waals surface area contributed by atoms with E-state index in [1.807, 2.05) is 6.92 Å². The molecule has 1 aromatic rings. The van der Waals surface area contributed by atoms with Gasteiger partial charge in [-0.05, 0) is 18.8 Å². The molecule has 0 amide bonds. The Labute approximate surface area is 161 Å². The summed E-state index contributed by atoms with van der Waals surface area (Å²) in [4.78, 5) is 27.8. The first-order valence-corrected chi connectivity index (χ1v) is 9.03. The van der Waals surface area contributed by atoms with Crippen molar-refractivity contribution in [3.8, 4) is 0 Å². The molecule has 1 aliphatic carbocycles. The highest BCUT2D eigenvalue weighted by atomic mass is 19.4. The molecule has 2 aliphatic rings. The number of anilines is 1. The van der Waals surface area contributed by atoms with Gasteiger partial charge in [-0.2, -0.15) is 26.3 Å². The smallest absolute Gasteiger partial charge is 0.329 e. The van der Waals surface area contributed by atoms with E-state index in [9.17, 15) is 35.9 Å². The van der Waals surface area contributed by atoms with Crippen LogP contribution in [0.4, 0.5) is 32.2 Å². The molecule has 1 aromatic heterocycles. The molecule has 2 unspecified atom stereocenters. The molecule has 162 valence electrons. The van der Waals surface area contributed by atoms with Gasteiger partial charge in [0.2, 0.25) is 0 Å². The van der Waals surface area contributed by atoms with Crippen molar-refractivity contribution < 1.29 is 26.3 Å². The number of amidine groups is 1. The van der Waals surface area contributed by atoms with Gasteiger partial charge >= 0.3 is 18.0 Å². The Morgan fingerprint density at radius 3 is 2.14 bits per heavy atom. The minimum atomic E-state index is -5.95. The van der Waals surface area contributed by atoms with Crippen molar-refractivity contribution in [3.63, 3.8) is 0 Å². The number of aliphatic imine (C=N–C) groups is 1. The molecule has 12 heteroatoms. The summed E-state index contributed by atoms with van der Waals surface area (Å²) in [6.07, 6.45) is -9.75. The number of rotatable bonds is 1. The Morgan fingerprint density at radius 2 is 1.62 bits per heavy atom. The van der Waals surface area contributed by atoms with Crippen LogP contribution in [0.2, 0.25) is 0 Å². The van der Waals surface area contributed by atoms with Crippen LogP contribution in [0, 0.1) is 11.8 Å². The van der Waals surface area contributed by atoms with E-state index in [1.165, 1.54) is 0 Å². The van der Waals surface area contributed by atoms with E-state index < -0.39 is 52.3 Å². The maximum Gasteiger partial charge on any atom is 0.427 e. The predicted octanol–water partition coefficient (Wildman–Crippen LogP) is 3.05. The van der Waals surface area contributed by atoms with Gasteiger partial charge in [0.05, 0.1) is 0 Å². The first-order valence-electron chi connectivity index (χ1n) is 9.03. The quantitative estimate of drug-likeness (QED) is 0.702. The lowest BCUT2D eigenvalue weighted by molar-refractivity contribution is -0.301. The van der Waals surface area contributed by atoms with Crippen molar-refractivity contribution in [1.29, 1.82) is 0 Å². The minimum absolute atomic E-state index is 0.0956. The summed E-state index contributed by atoms with van der Waals surface area (Å²) < 4.78 is 85.1. The molecule has 3 rings (SSSR count). The van der Waals surface area contributed by atoms with E-state index in [1.54, 1.807) is 0 Å². The second-order valence-corrected chi connectivity index (χ2v) is 7.73. The van der Waals surface area contributed by atoms with Gasteiger partial charge in [0.1, 0.15) is 17.2 Å². The SMILES string of the molecule is CC1CCCC(C2=NC(C(F)(F)F)(C(F)(F)F)c3c(n(C)c(=O)n(C)c3=O)N2)C1. The standard InChI is InChI=1S/C17H20F6N4O2/c1-8-5-4-6-9(7-8)11-24-12-10(13(28)27(3)14(29)26(12)2)15(25-11,16(18,19)20)17(21,22)23/h8-9H,4-7H2,1-3H3,(H,24,25). The Kier molecular flexibility index (Phi) is 4.90. The number of hydrogen-bond donors (Lipinski definition) is 1. The normalized spacial score (nSPS) is 24.5. The molecule has 0 radical (unpaired) electrons. The first-order chi connectivity index (χ1) is 13.2. The molecule has 2 heterocycles. The van der Waals surface area contributed by atoms with Crippen molar-refractivity contribution in [1.82, 2.24) is 9.13 Å². The van der Waals surface area contributed by atoms with Crippen LogP contribution >= 0.6 is 0 Å². The average molecular weight is 426 g/mol. The third kappa shape index (κ3) is 3.07. The molecule has 1 N–H and O–H groups in total. The summed E-state index contributed by atoms with van der Waals surface area (Å²) in [5.74, 6) is -1.90. The summed E-state index contributed by atoms with van der Waals surface area (Å²) in [7, 11) is 1.84. The largest absolute Gasteiger partial charge is 0.427 e. The van der Waals surface area contributed by atoms with Gasteiger partial charge in [-0.25, -0.2) is 9.79 Å². The van der Waals surface area contributed by atoms with Gasteiger partial charge in [-0.1, -0.05) is 19.8 Å². The minimum Gasteiger partial charge on any atom is -0.329 e. The van der Waals surface area contributed by atoms with Crippen LogP contribution in [0.25, 0.3) is 0 Å². The van der Waals surface area contributed by atoms with E-state index in [2.05, 4.69) is 10.3 Å². The number of fused-ring (bicyclic) bond motifs is 1. The number of aromatic nitrogens is 2. The Hall–Kier alpha value is -2.27. The fourth-order valence-electron chi connectivity index (χ4n) is 4.15. The fraction of sp³-hybridized carbons (Fsp3) is 0.706. The number of alkyl halides is 6. The molecule has 0 spiro atoms. The zero-order chi connectivity index (χ0) is 21.9. The van der Waals surface area contributed by atoms with Crippen LogP contribution < -0.4 is 16.6 Å². The van der Waals surface area contributed by atoms with Gasteiger partial charge in [0.15, 0.2) is 0 Å². The van der Waals surface area contributed by atoms with Crippen LogP contribution in [-0.2, 0) is 19.6 Å². The average Bonchev–Trinajstić information content (AvgIpc) is 2.61. The van der Waals surface area contributed by atoms with E-state index >= 15 is 0 Å². The summed E-state index contributed by atoms with van der Waals surface area (Å²) in [5.41, 5.74) is -9.13. The summed E-state index contributed by atoms with van der Waals surface area (Å²) in [5, 5.41) is 2.46. The van der Waals surface area contributed by atoms with Crippen molar-refractivity contribution in [2.45, 2.75) is 50.5 Å². The molecule has 1 saturated carbocycles. The van der Waals surface area contributed by atoms with E-state index in [0.717, 1.165) is 20.5 Å². The van der Waals surface area contributed by atoms with Gasteiger partial charge in [0, 0.05) is 20.0 Å². The molecule has 6 nitrogen and oxygen atoms in total. The van der Waals surface area contributed by atoms with E-state index in [0.29, 0.717) is 23.8 Å². The van der Waals surface area contributed by atoms with Gasteiger partial charge in [-0.15, -0.1) is 0 Å². The number of nitrogens with one attached hydrogen (secondary N) is 1. The maximum absolute atomic E-state index is 14.0. The lowest BCUT2D eigenvalue weighted by Gasteiger charge is -2.40. The number of hydrogen-bond acceptors (Lipinski definition) is 4. The molecular weight excluding hydrogens is 406 g/mol. The lowest BCUT2D eigenvalue weighted by atomic mass is 9.80. The monoisotopic (exact) mass is 426 g/mol. The van der Waals surface area contributed by atoms with Crippen molar-refractivity contribution in [2.24, 2.45) is 30.9 Å². The molecule has 0 bridgehead atoms. The van der Waals surface area contributed by atoms with Crippen molar-refractivity contribution >= 4 is 11.7 Å². The molecule has 0 aromatic carbocycles. The number of nitrogens with zero attached hydrogens (tertiary/aromatic N) is 3. The third-order valence-electron chi connectivity index (χ3n) is 5.70. The Bertz CT molecular complexity index is 958. The Morgan fingerprint density at radius 1 is 1.03 bits per heavy atom. The van der Waals surface area contributed by atoms with Crippen LogP contribution in [-0.4, -0.2) is 27.3 Å². The summed E-state index contributed by atoms with van der Waals surface area (Å²) in [6.45, 7) is 1.86. The molecular formula is C17H20F6N4O2. The highest BCUT2D eigenvalue weighted by molar-refractivity contribution is 5.99. The van der Waals surface area contributed by atoms with Gasteiger partial charge < -0.3 is 5.32 Å². The zero-order valence-corrected chi connectivity index (χ0v) is 15.9. The molecule has 2 atom stereocenters. The second kappa shape index (κ2) is 6.63. The molecule has 29 heavy (non-hydrogen) atoms. The van der Waals surface area contributed by atoms with E-state index in [-0.39, 0.29) is 10.5 Å². The first kappa shape index (κ1) is 21.4.